The van der Waals surface area contributed by atoms with E-state index < -0.39 is 0 Å². The molecule has 1 amide bonds. The Labute approximate surface area is 122 Å². The van der Waals surface area contributed by atoms with Crippen LogP contribution >= 0.6 is 0 Å². The Kier molecular flexibility index (Phi) is 4.93. The quantitative estimate of drug-likeness (QED) is 0.654. The molecule has 2 N–H and O–H groups in total. The number of nitrogens with zero attached hydrogens (tertiary/aromatic N) is 1. The Balaban J connectivity index is 1.97. The van der Waals surface area contributed by atoms with Crippen LogP contribution in [0.15, 0.2) is 53.6 Å². The summed E-state index contributed by atoms with van der Waals surface area (Å²) in [7, 11) is 0. The van der Waals surface area contributed by atoms with Crippen molar-refractivity contribution in [2.24, 2.45) is 5.10 Å². The number of phenols is 1. The number of nitrogens with one attached hydrogen (secondary N) is 1. The summed E-state index contributed by atoms with van der Waals surface area (Å²) in [5.41, 5.74) is 3.68. The van der Waals surface area contributed by atoms with Crippen LogP contribution in [-0.2, 0) is 0 Å². The molecule has 0 aliphatic rings. The van der Waals surface area contributed by atoms with Gasteiger partial charge in [0, 0.05) is 5.56 Å². The van der Waals surface area contributed by atoms with Gasteiger partial charge in [0.1, 0.15) is 11.5 Å². The van der Waals surface area contributed by atoms with Crippen LogP contribution in [0.2, 0.25) is 0 Å². The van der Waals surface area contributed by atoms with E-state index in [0.717, 1.165) is 11.3 Å². The number of rotatable bonds is 5. The summed E-state index contributed by atoms with van der Waals surface area (Å²) in [4.78, 5) is 11.8. The van der Waals surface area contributed by atoms with Crippen LogP contribution in [0, 0.1) is 0 Å². The number of amides is 1. The van der Waals surface area contributed by atoms with Gasteiger partial charge in [-0.05, 0) is 48.9 Å². The molecule has 0 saturated carbocycles. The topological polar surface area (TPSA) is 70.9 Å². The smallest absolute Gasteiger partial charge is 0.271 e. The van der Waals surface area contributed by atoms with Crippen molar-refractivity contribution >= 4 is 12.1 Å². The fourth-order valence-electron chi connectivity index (χ4n) is 1.69. The number of hydrogen-bond donors (Lipinski definition) is 2. The normalized spacial score (nSPS) is 10.5. The molecule has 0 aliphatic carbocycles. The summed E-state index contributed by atoms with van der Waals surface area (Å²) in [6.45, 7) is 2.51. The molecule has 0 radical (unpaired) electrons. The molecule has 2 aromatic carbocycles. The number of benzene rings is 2. The first-order valence-corrected chi connectivity index (χ1v) is 6.54. The van der Waals surface area contributed by atoms with Crippen LogP contribution in [0.5, 0.6) is 11.5 Å². The van der Waals surface area contributed by atoms with E-state index in [1.54, 1.807) is 6.21 Å². The van der Waals surface area contributed by atoms with Gasteiger partial charge in [-0.15, -0.1) is 0 Å². The summed E-state index contributed by atoms with van der Waals surface area (Å²) in [5.74, 6) is 0.529. The van der Waals surface area contributed by atoms with Gasteiger partial charge in [-0.3, -0.25) is 4.79 Å². The summed E-state index contributed by atoms with van der Waals surface area (Å²) in [5, 5.41) is 13.1. The molecule has 2 aromatic rings. The van der Waals surface area contributed by atoms with Crippen LogP contribution in [0.3, 0.4) is 0 Å². The van der Waals surface area contributed by atoms with Crippen molar-refractivity contribution in [3.63, 3.8) is 0 Å². The lowest BCUT2D eigenvalue weighted by Crippen LogP contribution is -2.17. The molecule has 21 heavy (non-hydrogen) atoms. The van der Waals surface area contributed by atoms with Gasteiger partial charge >= 0.3 is 0 Å². The van der Waals surface area contributed by atoms with Crippen molar-refractivity contribution < 1.29 is 14.6 Å². The highest BCUT2D eigenvalue weighted by atomic mass is 16.5. The Hall–Kier alpha value is -2.82. The standard InChI is InChI=1S/C16H16N2O3/c1-2-21-15-5-3-4-12(10-15)11-17-18-16(20)13-6-8-14(19)9-7-13/h3-11,19H,2H2,1H3,(H,18,20)/b17-11+. The van der Waals surface area contributed by atoms with Crippen molar-refractivity contribution in [3.05, 3.63) is 59.7 Å². The van der Waals surface area contributed by atoms with Crippen molar-refractivity contribution in [1.29, 1.82) is 0 Å². The fourth-order valence-corrected chi connectivity index (χ4v) is 1.69. The highest BCUT2D eigenvalue weighted by molar-refractivity contribution is 5.95. The molecule has 0 aliphatic heterocycles. The van der Waals surface area contributed by atoms with Crippen molar-refractivity contribution in [3.8, 4) is 11.5 Å². The first-order chi connectivity index (χ1) is 10.2. The van der Waals surface area contributed by atoms with E-state index in [1.165, 1.54) is 24.3 Å². The maximum atomic E-state index is 11.8. The number of ether oxygens (including phenoxy) is 1. The van der Waals surface area contributed by atoms with E-state index in [-0.39, 0.29) is 11.7 Å². The molecule has 0 spiro atoms. The molecule has 5 nitrogen and oxygen atoms in total. The van der Waals surface area contributed by atoms with Crippen LogP contribution in [-0.4, -0.2) is 23.8 Å². The Morgan fingerprint density at radius 2 is 2.05 bits per heavy atom. The average Bonchev–Trinajstić information content (AvgIpc) is 2.48. The van der Waals surface area contributed by atoms with Crippen molar-refractivity contribution in [2.45, 2.75) is 6.92 Å². The van der Waals surface area contributed by atoms with Gasteiger partial charge in [-0.25, -0.2) is 5.43 Å². The number of aromatic hydroxyl groups is 1. The zero-order valence-corrected chi connectivity index (χ0v) is 11.6. The van der Waals surface area contributed by atoms with Gasteiger partial charge in [0.2, 0.25) is 0 Å². The highest BCUT2D eigenvalue weighted by Crippen LogP contribution is 2.12. The molecular formula is C16H16N2O3. The number of carbonyl (C=O) groups is 1. The van der Waals surface area contributed by atoms with Crippen molar-refractivity contribution in [2.75, 3.05) is 6.61 Å². The third-order valence-electron chi connectivity index (χ3n) is 2.68. The third-order valence-corrected chi connectivity index (χ3v) is 2.68. The Morgan fingerprint density at radius 3 is 2.76 bits per heavy atom. The second-order valence-corrected chi connectivity index (χ2v) is 4.25. The lowest BCUT2D eigenvalue weighted by Gasteiger charge is -2.03. The molecular weight excluding hydrogens is 268 g/mol. The molecule has 0 bridgehead atoms. The van der Waals surface area contributed by atoms with Crippen LogP contribution in [0.1, 0.15) is 22.8 Å². The summed E-state index contributed by atoms with van der Waals surface area (Å²) in [6.07, 6.45) is 1.54. The number of carbonyl (C=O) groups excluding carboxylic acids is 1. The summed E-state index contributed by atoms with van der Waals surface area (Å²) >= 11 is 0. The van der Waals surface area contributed by atoms with E-state index in [9.17, 15) is 4.79 Å². The zero-order valence-electron chi connectivity index (χ0n) is 11.6. The average molecular weight is 284 g/mol. The van der Waals surface area contributed by atoms with Crippen LogP contribution in [0.25, 0.3) is 0 Å². The largest absolute Gasteiger partial charge is 0.508 e. The Morgan fingerprint density at radius 1 is 1.29 bits per heavy atom. The van der Waals surface area contributed by atoms with Gasteiger partial charge in [-0.1, -0.05) is 12.1 Å². The minimum Gasteiger partial charge on any atom is -0.508 e. The SMILES string of the molecule is CCOc1cccc(/C=N/NC(=O)c2ccc(O)cc2)c1. The van der Waals surface area contributed by atoms with E-state index in [1.807, 2.05) is 31.2 Å². The summed E-state index contributed by atoms with van der Waals surface area (Å²) < 4.78 is 5.38. The van der Waals surface area contributed by atoms with E-state index in [2.05, 4.69) is 10.5 Å². The van der Waals surface area contributed by atoms with Crippen LogP contribution < -0.4 is 10.2 Å². The van der Waals surface area contributed by atoms with Gasteiger partial charge in [0.25, 0.3) is 5.91 Å². The van der Waals surface area contributed by atoms with E-state index in [0.29, 0.717) is 12.2 Å². The number of hydrogen-bond acceptors (Lipinski definition) is 4. The zero-order chi connectivity index (χ0) is 15.1. The maximum Gasteiger partial charge on any atom is 0.271 e. The first-order valence-electron chi connectivity index (χ1n) is 6.54. The van der Waals surface area contributed by atoms with Crippen molar-refractivity contribution in [1.82, 2.24) is 5.43 Å². The molecule has 0 atom stereocenters. The van der Waals surface area contributed by atoms with Gasteiger partial charge < -0.3 is 9.84 Å². The molecule has 0 saturated heterocycles. The van der Waals surface area contributed by atoms with Gasteiger partial charge in [-0.2, -0.15) is 5.10 Å². The third kappa shape index (κ3) is 4.35. The molecule has 0 aromatic heterocycles. The molecule has 5 heteroatoms. The lowest BCUT2D eigenvalue weighted by atomic mass is 10.2. The predicted molar refractivity (Wildman–Crippen MR) is 80.8 cm³/mol. The second-order valence-electron chi connectivity index (χ2n) is 4.25. The Bertz CT molecular complexity index is 636. The maximum absolute atomic E-state index is 11.8. The predicted octanol–water partition coefficient (Wildman–Crippen LogP) is 2.55. The minimum atomic E-state index is -0.341. The van der Waals surface area contributed by atoms with Crippen LogP contribution in [0.4, 0.5) is 0 Å². The number of phenolic OH excluding ortho intramolecular Hbond substituents is 1. The minimum absolute atomic E-state index is 0.114. The fraction of sp³-hybridized carbons (Fsp3) is 0.125. The van der Waals surface area contributed by atoms with E-state index in [4.69, 9.17) is 9.84 Å². The lowest BCUT2D eigenvalue weighted by molar-refractivity contribution is 0.0955. The van der Waals surface area contributed by atoms with Gasteiger partial charge in [0.05, 0.1) is 12.8 Å². The molecule has 2 rings (SSSR count). The number of hydrazone groups is 1. The molecule has 0 heterocycles. The van der Waals surface area contributed by atoms with E-state index >= 15 is 0 Å². The van der Waals surface area contributed by atoms with Gasteiger partial charge in [0.15, 0.2) is 0 Å². The second kappa shape index (κ2) is 7.09. The first kappa shape index (κ1) is 14.6. The molecule has 0 unspecified atom stereocenters. The molecule has 0 fully saturated rings. The highest BCUT2D eigenvalue weighted by Gasteiger charge is 2.03. The summed E-state index contributed by atoms with van der Waals surface area (Å²) in [6, 6.07) is 13.3. The molecule has 108 valence electrons. The monoisotopic (exact) mass is 284 g/mol.